The normalized spacial score (nSPS) is 11.3. The van der Waals surface area contributed by atoms with Crippen LogP contribution in [-0.4, -0.2) is 31.0 Å². The molecule has 0 aliphatic rings. The topological polar surface area (TPSA) is 93.5 Å². The molecule has 1 aromatic carbocycles. The SMILES string of the molecule is CC(=O)Nc1cccc(OCCNC(=O)[C@@H](N)CC(C)C)c1.Cl. The van der Waals surface area contributed by atoms with E-state index in [2.05, 4.69) is 10.6 Å². The monoisotopic (exact) mass is 343 g/mol. The number of amides is 2. The molecule has 7 heteroatoms. The first-order valence-electron chi connectivity index (χ1n) is 7.42. The molecule has 0 aliphatic carbocycles. The Bertz CT molecular complexity index is 509. The van der Waals surface area contributed by atoms with Gasteiger partial charge in [0.2, 0.25) is 11.8 Å². The van der Waals surface area contributed by atoms with Crippen LogP contribution in [0.3, 0.4) is 0 Å². The standard InChI is InChI=1S/C16H25N3O3.ClH/c1-11(2)9-15(17)16(21)18-7-8-22-14-6-4-5-13(10-14)19-12(3)20;/h4-6,10-11,15H,7-9,17H2,1-3H3,(H,18,21)(H,19,20);1H/t15-;/m0./s1. The first kappa shape index (κ1) is 21.2. The van der Waals surface area contributed by atoms with Crippen molar-refractivity contribution in [2.45, 2.75) is 33.2 Å². The number of nitrogens with two attached hydrogens (primary N) is 1. The summed E-state index contributed by atoms with van der Waals surface area (Å²) in [5, 5.41) is 5.43. The predicted molar refractivity (Wildman–Crippen MR) is 93.9 cm³/mol. The lowest BCUT2D eigenvalue weighted by atomic mass is 10.0. The van der Waals surface area contributed by atoms with Crippen molar-refractivity contribution in [3.05, 3.63) is 24.3 Å². The van der Waals surface area contributed by atoms with Crippen LogP contribution in [0.25, 0.3) is 0 Å². The van der Waals surface area contributed by atoms with E-state index in [4.69, 9.17) is 10.5 Å². The van der Waals surface area contributed by atoms with Gasteiger partial charge in [-0.15, -0.1) is 12.4 Å². The van der Waals surface area contributed by atoms with Gasteiger partial charge in [-0.3, -0.25) is 9.59 Å². The lowest BCUT2D eigenvalue weighted by Crippen LogP contribution is -2.42. The summed E-state index contributed by atoms with van der Waals surface area (Å²) in [6.45, 7) is 6.22. The number of carbonyl (C=O) groups is 2. The molecule has 1 rings (SSSR count). The molecule has 0 saturated carbocycles. The van der Waals surface area contributed by atoms with Crippen LogP contribution in [0.5, 0.6) is 5.75 Å². The first-order chi connectivity index (χ1) is 10.4. The van der Waals surface area contributed by atoms with Crippen LogP contribution < -0.4 is 21.1 Å². The Morgan fingerprint density at radius 1 is 1.30 bits per heavy atom. The quantitative estimate of drug-likeness (QED) is 0.629. The van der Waals surface area contributed by atoms with Crippen molar-refractivity contribution in [1.29, 1.82) is 0 Å². The first-order valence-corrected chi connectivity index (χ1v) is 7.42. The molecular weight excluding hydrogens is 318 g/mol. The minimum Gasteiger partial charge on any atom is -0.492 e. The number of nitrogens with one attached hydrogen (secondary N) is 2. The highest BCUT2D eigenvalue weighted by Crippen LogP contribution is 2.17. The van der Waals surface area contributed by atoms with Crippen LogP contribution >= 0.6 is 12.4 Å². The number of rotatable bonds is 8. The molecule has 4 N–H and O–H groups in total. The maximum atomic E-state index is 11.7. The van der Waals surface area contributed by atoms with Crippen molar-refractivity contribution in [2.24, 2.45) is 11.7 Å². The molecule has 0 unspecified atom stereocenters. The van der Waals surface area contributed by atoms with Crippen LogP contribution in [0.2, 0.25) is 0 Å². The Balaban J connectivity index is 0.00000484. The van der Waals surface area contributed by atoms with Gasteiger partial charge in [-0.2, -0.15) is 0 Å². The molecule has 2 amide bonds. The van der Waals surface area contributed by atoms with E-state index in [0.29, 0.717) is 36.9 Å². The Morgan fingerprint density at radius 3 is 2.61 bits per heavy atom. The maximum absolute atomic E-state index is 11.7. The zero-order valence-corrected chi connectivity index (χ0v) is 14.6. The van der Waals surface area contributed by atoms with E-state index in [1.807, 2.05) is 13.8 Å². The molecule has 0 spiro atoms. The van der Waals surface area contributed by atoms with Crippen LogP contribution in [0.1, 0.15) is 27.2 Å². The van der Waals surface area contributed by atoms with Crippen LogP contribution in [0.4, 0.5) is 5.69 Å². The minimum absolute atomic E-state index is 0. The van der Waals surface area contributed by atoms with E-state index in [-0.39, 0.29) is 24.2 Å². The molecule has 130 valence electrons. The molecule has 0 aromatic heterocycles. The number of halogens is 1. The van der Waals surface area contributed by atoms with Crippen LogP contribution in [0.15, 0.2) is 24.3 Å². The lowest BCUT2D eigenvalue weighted by Gasteiger charge is -2.14. The Morgan fingerprint density at radius 2 is 2.00 bits per heavy atom. The molecule has 0 fully saturated rings. The fourth-order valence-corrected chi connectivity index (χ4v) is 1.96. The van der Waals surface area contributed by atoms with Gasteiger partial charge in [0.15, 0.2) is 0 Å². The third-order valence-corrected chi connectivity index (χ3v) is 2.89. The Labute approximate surface area is 143 Å². The Hall–Kier alpha value is -1.79. The number of benzene rings is 1. The number of carbonyl (C=O) groups excluding carboxylic acids is 2. The minimum atomic E-state index is -0.483. The highest BCUT2D eigenvalue weighted by molar-refractivity contribution is 5.88. The van der Waals surface area contributed by atoms with Crippen molar-refractivity contribution in [3.8, 4) is 5.75 Å². The van der Waals surface area contributed by atoms with Gasteiger partial charge >= 0.3 is 0 Å². The van der Waals surface area contributed by atoms with Gasteiger partial charge in [0.25, 0.3) is 0 Å². The summed E-state index contributed by atoms with van der Waals surface area (Å²) in [6.07, 6.45) is 0.658. The summed E-state index contributed by atoms with van der Waals surface area (Å²) in [4.78, 5) is 22.7. The summed E-state index contributed by atoms with van der Waals surface area (Å²) in [5.74, 6) is 0.716. The summed E-state index contributed by atoms with van der Waals surface area (Å²) in [6, 6.07) is 6.60. The van der Waals surface area contributed by atoms with Crippen LogP contribution in [-0.2, 0) is 9.59 Å². The van der Waals surface area contributed by atoms with E-state index in [0.717, 1.165) is 0 Å². The molecule has 0 radical (unpaired) electrons. The van der Waals surface area contributed by atoms with Crippen LogP contribution in [0, 0.1) is 5.92 Å². The third kappa shape index (κ3) is 9.05. The van der Waals surface area contributed by atoms with Gasteiger partial charge < -0.3 is 21.1 Å². The summed E-state index contributed by atoms with van der Waals surface area (Å²) in [5.41, 5.74) is 6.46. The average molecular weight is 344 g/mol. The third-order valence-electron chi connectivity index (χ3n) is 2.89. The van der Waals surface area contributed by atoms with E-state index < -0.39 is 6.04 Å². The molecule has 0 saturated heterocycles. The van der Waals surface area contributed by atoms with Crippen molar-refractivity contribution in [1.82, 2.24) is 5.32 Å². The Kier molecular flexibility index (Phi) is 10.0. The summed E-state index contributed by atoms with van der Waals surface area (Å²) in [7, 11) is 0. The smallest absolute Gasteiger partial charge is 0.237 e. The van der Waals surface area contributed by atoms with Gasteiger partial charge in [0.05, 0.1) is 12.6 Å². The highest BCUT2D eigenvalue weighted by atomic mass is 35.5. The van der Waals surface area contributed by atoms with Gasteiger partial charge in [0.1, 0.15) is 12.4 Å². The molecule has 1 atom stereocenters. The molecule has 1 aromatic rings. The van der Waals surface area contributed by atoms with E-state index in [1.54, 1.807) is 24.3 Å². The number of ether oxygens (including phenoxy) is 1. The predicted octanol–water partition coefficient (Wildman–Crippen LogP) is 1.94. The molecule has 0 heterocycles. The zero-order valence-electron chi connectivity index (χ0n) is 13.8. The second-order valence-corrected chi connectivity index (χ2v) is 5.58. The lowest BCUT2D eigenvalue weighted by molar-refractivity contribution is -0.122. The van der Waals surface area contributed by atoms with Crippen molar-refractivity contribution in [3.63, 3.8) is 0 Å². The maximum Gasteiger partial charge on any atom is 0.237 e. The van der Waals surface area contributed by atoms with Gasteiger partial charge in [-0.25, -0.2) is 0 Å². The second kappa shape index (κ2) is 10.9. The molecule has 6 nitrogen and oxygen atoms in total. The van der Waals surface area contributed by atoms with Crippen molar-refractivity contribution >= 4 is 29.9 Å². The fourth-order valence-electron chi connectivity index (χ4n) is 1.96. The molecule has 0 aliphatic heterocycles. The van der Waals surface area contributed by atoms with Gasteiger partial charge in [0, 0.05) is 18.7 Å². The number of anilines is 1. The van der Waals surface area contributed by atoms with Crippen molar-refractivity contribution in [2.75, 3.05) is 18.5 Å². The largest absolute Gasteiger partial charge is 0.492 e. The average Bonchev–Trinajstić information content (AvgIpc) is 2.42. The number of hydrogen-bond acceptors (Lipinski definition) is 4. The second-order valence-electron chi connectivity index (χ2n) is 5.58. The van der Waals surface area contributed by atoms with E-state index in [1.165, 1.54) is 6.92 Å². The summed E-state index contributed by atoms with van der Waals surface area (Å²) < 4.78 is 5.53. The van der Waals surface area contributed by atoms with E-state index in [9.17, 15) is 9.59 Å². The van der Waals surface area contributed by atoms with Gasteiger partial charge in [-0.05, 0) is 24.5 Å². The highest BCUT2D eigenvalue weighted by Gasteiger charge is 2.14. The number of hydrogen-bond donors (Lipinski definition) is 3. The summed E-state index contributed by atoms with van der Waals surface area (Å²) >= 11 is 0. The fraction of sp³-hybridized carbons (Fsp3) is 0.500. The van der Waals surface area contributed by atoms with E-state index >= 15 is 0 Å². The molecule has 23 heavy (non-hydrogen) atoms. The molecule has 0 bridgehead atoms. The zero-order chi connectivity index (χ0) is 16.5. The molecular formula is C16H26ClN3O3. The van der Waals surface area contributed by atoms with Gasteiger partial charge in [-0.1, -0.05) is 19.9 Å². The van der Waals surface area contributed by atoms with Crippen molar-refractivity contribution < 1.29 is 14.3 Å².